The van der Waals surface area contributed by atoms with Crippen LogP contribution in [0.25, 0.3) is 10.9 Å². The van der Waals surface area contributed by atoms with Gasteiger partial charge in [0.2, 0.25) is 0 Å². The average molecular weight is 300 g/mol. The maximum Gasteiger partial charge on any atom is 0.359 e. The summed E-state index contributed by atoms with van der Waals surface area (Å²) in [6.45, 7) is 7.26. The van der Waals surface area contributed by atoms with Crippen LogP contribution in [0.4, 0.5) is 5.95 Å². The van der Waals surface area contributed by atoms with E-state index in [1.807, 2.05) is 31.2 Å². The fourth-order valence-electron chi connectivity index (χ4n) is 2.65. The molecule has 6 heteroatoms. The Hall–Kier alpha value is -2.21. The van der Waals surface area contributed by atoms with Gasteiger partial charge in [-0.15, -0.1) is 0 Å². The first-order chi connectivity index (χ1) is 10.8. The van der Waals surface area contributed by atoms with Gasteiger partial charge in [0, 0.05) is 5.39 Å². The zero-order valence-corrected chi connectivity index (χ0v) is 13.2. The molecule has 0 spiro atoms. The van der Waals surface area contributed by atoms with Crippen LogP contribution in [-0.2, 0) is 0 Å². The standard InChI is InChI=1S/C16H22N6/c1-3-4-9-22-10-17-15(18-11-22)21-16-19-12(2)13-7-5-6-8-14(13)20-16/h5-8H,3-4,9-11H2,1-2H3,(H2,17,18,19,20,21)/p+2. The number of quaternary nitrogens is 1. The Kier molecular flexibility index (Phi) is 4.48. The second-order valence-corrected chi connectivity index (χ2v) is 5.71. The van der Waals surface area contributed by atoms with E-state index in [1.54, 1.807) is 0 Å². The molecule has 0 saturated carbocycles. The molecular weight excluding hydrogens is 276 g/mol. The van der Waals surface area contributed by atoms with Crippen LogP contribution in [0.2, 0.25) is 0 Å². The maximum absolute atomic E-state index is 4.57. The number of nitrogens with zero attached hydrogens (tertiary/aromatic N) is 2. The highest BCUT2D eigenvalue weighted by Crippen LogP contribution is 2.16. The van der Waals surface area contributed by atoms with Gasteiger partial charge in [-0.3, -0.25) is 4.90 Å². The number of aryl methyl sites for hydroxylation is 1. The highest BCUT2D eigenvalue weighted by Gasteiger charge is 2.20. The summed E-state index contributed by atoms with van der Waals surface area (Å²) >= 11 is 0. The number of nitrogens with one attached hydrogen (secondary N) is 4. The van der Waals surface area contributed by atoms with Crippen molar-refractivity contribution in [3.63, 3.8) is 0 Å². The van der Waals surface area contributed by atoms with Crippen molar-refractivity contribution in [2.75, 3.05) is 25.2 Å². The van der Waals surface area contributed by atoms with Gasteiger partial charge in [-0.25, -0.2) is 20.6 Å². The predicted octanol–water partition coefficient (Wildman–Crippen LogP) is -1.01. The van der Waals surface area contributed by atoms with E-state index in [1.165, 1.54) is 24.3 Å². The molecule has 1 aliphatic rings. The molecule has 1 unspecified atom stereocenters. The number of benzene rings is 1. The van der Waals surface area contributed by atoms with Gasteiger partial charge in [-0.05, 0) is 19.4 Å². The third kappa shape index (κ3) is 3.33. The molecule has 1 atom stereocenters. The van der Waals surface area contributed by atoms with E-state index in [0.29, 0.717) is 5.95 Å². The van der Waals surface area contributed by atoms with Gasteiger partial charge in [0.05, 0.1) is 17.8 Å². The largest absolute Gasteiger partial charge is 0.359 e. The van der Waals surface area contributed by atoms with Crippen LogP contribution in [0.15, 0.2) is 24.3 Å². The van der Waals surface area contributed by atoms with Crippen molar-refractivity contribution in [1.82, 2.24) is 15.3 Å². The fraction of sp³-hybridized carbons (Fsp3) is 0.438. The maximum atomic E-state index is 4.57. The first-order valence-electron chi connectivity index (χ1n) is 7.95. The number of rotatable bonds is 4. The molecule has 1 aromatic heterocycles. The van der Waals surface area contributed by atoms with Gasteiger partial charge in [0.15, 0.2) is 13.3 Å². The number of para-hydroxylation sites is 1. The molecule has 1 aliphatic heterocycles. The van der Waals surface area contributed by atoms with Gasteiger partial charge in [-0.1, -0.05) is 31.5 Å². The molecule has 0 amide bonds. The zero-order chi connectivity index (χ0) is 15.4. The molecule has 116 valence electrons. The summed E-state index contributed by atoms with van der Waals surface area (Å²) in [5.41, 5.74) is 1.95. The van der Waals surface area contributed by atoms with Crippen LogP contribution in [-0.4, -0.2) is 35.8 Å². The van der Waals surface area contributed by atoms with E-state index < -0.39 is 0 Å². The predicted molar refractivity (Wildman–Crippen MR) is 87.5 cm³/mol. The Bertz CT molecular complexity index is 681. The van der Waals surface area contributed by atoms with Crippen molar-refractivity contribution in [2.24, 2.45) is 0 Å². The number of hydrogen-bond acceptors (Lipinski definition) is 4. The number of hydrogen-bond donors (Lipinski definition) is 4. The van der Waals surface area contributed by atoms with Gasteiger partial charge in [-0.2, -0.15) is 4.98 Å². The SMILES string of the molecule is CCCC[NH+]1CNC(Nc2nc(C)c3ccccc3n2)=[NH+]C1. The molecule has 0 saturated heterocycles. The Morgan fingerprint density at radius 1 is 1.32 bits per heavy atom. The first kappa shape index (κ1) is 14.7. The molecule has 0 radical (unpaired) electrons. The molecule has 1 aromatic carbocycles. The number of aromatic nitrogens is 2. The summed E-state index contributed by atoms with van der Waals surface area (Å²) in [6, 6.07) is 8.07. The zero-order valence-electron chi connectivity index (χ0n) is 13.2. The third-order valence-corrected chi connectivity index (χ3v) is 3.94. The van der Waals surface area contributed by atoms with Crippen LogP contribution in [0.5, 0.6) is 0 Å². The Balaban J connectivity index is 1.70. The Labute approximate surface area is 130 Å². The van der Waals surface area contributed by atoms with Crippen molar-refractivity contribution in [3.05, 3.63) is 30.0 Å². The summed E-state index contributed by atoms with van der Waals surface area (Å²) in [6.07, 6.45) is 2.50. The van der Waals surface area contributed by atoms with Crippen LogP contribution in [0.1, 0.15) is 25.5 Å². The minimum absolute atomic E-state index is 0.628. The Morgan fingerprint density at radius 3 is 2.95 bits per heavy atom. The van der Waals surface area contributed by atoms with Crippen molar-refractivity contribution >= 4 is 22.8 Å². The van der Waals surface area contributed by atoms with Gasteiger partial charge in [0.1, 0.15) is 0 Å². The summed E-state index contributed by atoms with van der Waals surface area (Å²) in [7, 11) is 0. The quantitative estimate of drug-likeness (QED) is 0.584. The minimum Gasteiger partial charge on any atom is -0.277 e. The molecule has 22 heavy (non-hydrogen) atoms. The molecule has 2 aromatic rings. The molecule has 4 N–H and O–H groups in total. The highest BCUT2D eigenvalue weighted by atomic mass is 15.4. The monoisotopic (exact) mass is 300 g/mol. The van der Waals surface area contributed by atoms with Crippen LogP contribution in [0, 0.1) is 6.92 Å². The van der Waals surface area contributed by atoms with Gasteiger partial charge < -0.3 is 0 Å². The average Bonchev–Trinajstić information content (AvgIpc) is 2.54. The van der Waals surface area contributed by atoms with Crippen LogP contribution >= 0.6 is 0 Å². The third-order valence-electron chi connectivity index (χ3n) is 3.94. The van der Waals surface area contributed by atoms with Crippen molar-refractivity contribution in [1.29, 1.82) is 0 Å². The van der Waals surface area contributed by atoms with Crippen LogP contribution < -0.4 is 20.5 Å². The minimum atomic E-state index is 0.628. The smallest absolute Gasteiger partial charge is 0.277 e. The summed E-state index contributed by atoms with van der Waals surface area (Å²) < 4.78 is 0. The van der Waals surface area contributed by atoms with E-state index in [-0.39, 0.29) is 0 Å². The lowest BCUT2D eigenvalue weighted by molar-refractivity contribution is -0.980. The topological polar surface area (TPSA) is 68.2 Å². The normalized spacial score (nSPS) is 17.9. The second kappa shape index (κ2) is 6.70. The highest BCUT2D eigenvalue weighted by molar-refractivity contribution is 5.89. The van der Waals surface area contributed by atoms with Gasteiger partial charge >= 0.3 is 5.96 Å². The van der Waals surface area contributed by atoms with Crippen molar-refractivity contribution in [3.8, 4) is 0 Å². The molecular formula is C16H24N6+2. The lowest BCUT2D eigenvalue weighted by Crippen LogP contribution is -3.24. The number of unbranched alkanes of at least 4 members (excludes halogenated alkanes) is 1. The van der Waals surface area contributed by atoms with E-state index in [0.717, 1.165) is 35.9 Å². The van der Waals surface area contributed by atoms with Gasteiger partial charge in [0.25, 0.3) is 5.95 Å². The summed E-state index contributed by atoms with van der Waals surface area (Å²) in [5, 5.41) is 7.72. The van der Waals surface area contributed by atoms with E-state index >= 15 is 0 Å². The van der Waals surface area contributed by atoms with E-state index in [9.17, 15) is 0 Å². The van der Waals surface area contributed by atoms with E-state index in [2.05, 4.69) is 32.5 Å². The molecule has 0 fully saturated rings. The molecule has 0 bridgehead atoms. The van der Waals surface area contributed by atoms with E-state index in [4.69, 9.17) is 0 Å². The molecule has 3 rings (SSSR count). The Morgan fingerprint density at radius 2 is 2.18 bits per heavy atom. The summed E-state index contributed by atoms with van der Waals surface area (Å²) in [4.78, 5) is 14.0. The first-order valence-corrected chi connectivity index (χ1v) is 7.95. The van der Waals surface area contributed by atoms with Crippen molar-refractivity contribution < 1.29 is 9.89 Å². The molecule has 2 heterocycles. The lowest BCUT2D eigenvalue weighted by Gasteiger charge is -2.20. The van der Waals surface area contributed by atoms with Crippen LogP contribution in [0.3, 0.4) is 0 Å². The molecule has 0 aliphatic carbocycles. The number of guanidine groups is 1. The fourth-order valence-corrected chi connectivity index (χ4v) is 2.65. The lowest BCUT2D eigenvalue weighted by atomic mass is 10.2. The molecule has 6 nitrogen and oxygen atoms in total. The summed E-state index contributed by atoms with van der Waals surface area (Å²) in [5.74, 6) is 1.51. The second-order valence-electron chi connectivity index (χ2n) is 5.71. The van der Waals surface area contributed by atoms with Crippen molar-refractivity contribution in [2.45, 2.75) is 26.7 Å². The number of anilines is 1. The number of fused-ring (bicyclic) bond motifs is 1.